The van der Waals surface area contributed by atoms with Gasteiger partial charge in [-0.2, -0.15) is 0 Å². The molecule has 0 unspecified atom stereocenters. The van der Waals surface area contributed by atoms with Crippen molar-refractivity contribution in [1.82, 2.24) is 0 Å². The van der Waals surface area contributed by atoms with E-state index in [0.29, 0.717) is 23.0 Å². The van der Waals surface area contributed by atoms with Gasteiger partial charge in [-0.1, -0.05) is 73.1 Å². The van der Waals surface area contributed by atoms with Gasteiger partial charge in [0.25, 0.3) is 0 Å². The average Bonchev–Trinajstić information content (AvgIpc) is 3.16. The molecule has 0 aromatic carbocycles. The third-order valence-corrected chi connectivity index (χ3v) is 11.1. The van der Waals surface area contributed by atoms with Gasteiger partial charge in [0.1, 0.15) is 42.7 Å². The van der Waals surface area contributed by atoms with E-state index < -0.39 is 111 Å². The first kappa shape index (κ1) is 52.2. The first-order valence-corrected chi connectivity index (χ1v) is 19.9. The highest BCUT2D eigenvalue weighted by atomic mass is 16.7. The van der Waals surface area contributed by atoms with Crippen molar-refractivity contribution in [2.45, 2.75) is 162 Å². The quantitative estimate of drug-likeness (QED) is 0.0365. The standard InChI is InChI=1S/C41H74O15/c1-11-20(2)12-21(3)13-26(8)39(56-41-38(52)37(51)36(50)31(19-44)55-41)27(9)15-24(6)32(46)22(4)14-23(5)33(47)25(7)16-28(10)40(53)54-30(18-43)35(49)34(48)29(45)17-42/h14-16,20-22,25-27,29-39,41-52H,11-13,17-19H2,1-10H3/b23-14+,24-15+,28-16+/t20-,21-,22-,25-,26-,27-,29+,30+,31+,32-,33+,34+,35+,36+,37-,38-,39+,41-/m0/s1. The summed E-state index contributed by atoms with van der Waals surface area (Å²) in [5, 5.41) is 112. The highest BCUT2D eigenvalue weighted by molar-refractivity contribution is 5.88. The van der Waals surface area contributed by atoms with E-state index in [1.165, 1.54) is 13.0 Å². The van der Waals surface area contributed by atoms with Gasteiger partial charge >= 0.3 is 5.97 Å². The number of carbonyl (C=O) groups is 1. The first-order chi connectivity index (χ1) is 26.1. The van der Waals surface area contributed by atoms with E-state index in [1.54, 1.807) is 33.8 Å². The Morgan fingerprint density at radius 1 is 0.696 bits per heavy atom. The molecule has 0 aromatic rings. The fraction of sp³-hybridized carbons (Fsp3) is 0.829. The van der Waals surface area contributed by atoms with Gasteiger partial charge < -0.3 is 70.4 Å². The largest absolute Gasteiger partial charge is 0.454 e. The Kier molecular flexibility index (Phi) is 23.2. The lowest BCUT2D eigenvalue weighted by Gasteiger charge is -2.42. The minimum atomic E-state index is -1.88. The molecule has 15 nitrogen and oxygen atoms in total. The van der Waals surface area contributed by atoms with Crippen LogP contribution in [0.4, 0.5) is 0 Å². The molecular weight excluding hydrogens is 732 g/mol. The summed E-state index contributed by atoms with van der Waals surface area (Å²) in [6, 6.07) is 0. The van der Waals surface area contributed by atoms with E-state index in [0.717, 1.165) is 19.3 Å². The maximum absolute atomic E-state index is 12.7. The molecule has 1 aliphatic rings. The molecule has 18 atom stereocenters. The number of carbonyl (C=O) groups excluding carboxylic acids is 1. The van der Waals surface area contributed by atoms with Crippen LogP contribution in [0.1, 0.15) is 88.5 Å². The van der Waals surface area contributed by atoms with Gasteiger partial charge in [-0.3, -0.25) is 0 Å². The summed E-state index contributed by atoms with van der Waals surface area (Å²) < 4.78 is 17.2. The molecule has 11 N–H and O–H groups in total. The monoisotopic (exact) mass is 807 g/mol. The van der Waals surface area contributed by atoms with Crippen LogP contribution >= 0.6 is 0 Å². The zero-order valence-electron chi connectivity index (χ0n) is 34.9. The van der Waals surface area contributed by atoms with Crippen LogP contribution in [0.3, 0.4) is 0 Å². The number of aliphatic hydroxyl groups is 11. The molecule has 1 aliphatic heterocycles. The van der Waals surface area contributed by atoms with Crippen LogP contribution in [0.25, 0.3) is 0 Å². The van der Waals surface area contributed by atoms with E-state index in [4.69, 9.17) is 19.3 Å². The minimum Gasteiger partial charge on any atom is -0.454 e. The minimum absolute atomic E-state index is 0.0389. The molecule has 15 heteroatoms. The lowest BCUT2D eigenvalue weighted by Crippen LogP contribution is -2.60. The summed E-state index contributed by atoms with van der Waals surface area (Å²) in [5.74, 6) is -1.54. The molecule has 0 saturated carbocycles. The maximum Gasteiger partial charge on any atom is 0.333 e. The summed E-state index contributed by atoms with van der Waals surface area (Å²) in [4.78, 5) is 12.7. The topological polar surface area (TPSA) is 267 Å². The van der Waals surface area contributed by atoms with Crippen LogP contribution in [-0.2, 0) is 19.0 Å². The second-order valence-electron chi connectivity index (χ2n) is 16.4. The van der Waals surface area contributed by atoms with Crippen LogP contribution in [0.2, 0.25) is 0 Å². The molecule has 1 heterocycles. The molecule has 0 bridgehead atoms. The van der Waals surface area contributed by atoms with Gasteiger partial charge in [-0.15, -0.1) is 0 Å². The molecule has 1 fully saturated rings. The molecular formula is C41H74O15. The van der Waals surface area contributed by atoms with E-state index in [-0.39, 0.29) is 17.4 Å². The number of aliphatic hydroxyl groups excluding tert-OH is 11. The van der Waals surface area contributed by atoms with Gasteiger partial charge in [0.15, 0.2) is 12.4 Å². The lowest BCUT2D eigenvalue weighted by molar-refractivity contribution is -0.317. The Morgan fingerprint density at radius 3 is 1.73 bits per heavy atom. The van der Waals surface area contributed by atoms with Gasteiger partial charge in [0.05, 0.1) is 38.1 Å². The normalized spacial score (nSPS) is 28.5. The molecule has 56 heavy (non-hydrogen) atoms. The van der Waals surface area contributed by atoms with Crippen molar-refractivity contribution in [3.8, 4) is 0 Å². The third kappa shape index (κ3) is 15.4. The summed E-state index contributed by atoms with van der Waals surface area (Å²) in [6.07, 6.45) is -8.91. The van der Waals surface area contributed by atoms with Crippen molar-refractivity contribution >= 4 is 5.97 Å². The SMILES string of the molecule is CC[C@H](C)C[C@H](C)C[C@H](C)[C@@H](O[C@@H]1O[C@H](CO)[C@@H](O)[C@H](O)[C@@H]1O)[C@@H](C)/C=C(\C)[C@@H](O)[C@@H](C)/C=C(\C)[C@@H](O)[C@@H](C)/C=C(\C)C(=O)O[C@H](CO)[C@@H](O)[C@H](O)[C@H](O)CO. The van der Waals surface area contributed by atoms with Crippen molar-refractivity contribution in [3.05, 3.63) is 34.9 Å². The van der Waals surface area contributed by atoms with Gasteiger partial charge in [0, 0.05) is 23.3 Å². The summed E-state index contributed by atoms with van der Waals surface area (Å²) in [5.41, 5.74) is 1.17. The van der Waals surface area contributed by atoms with E-state index in [2.05, 4.69) is 20.8 Å². The molecule has 328 valence electrons. The second-order valence-corrected chi connectivity index (χ2v) is 16.4. The Morgan fingerprint density at radius 2 is 1.23 bits per heavy atom. The molecule has 0 amide bonds. The van der Waals surface area contributed by atoms with E-state index in [1.807, 2.05) is 19.9 Å². The predicted molar refractivity (Wildman–Crippen MR) is 209 cm³/mol. The fourth-order valence-corrected chi connectivity index (χ4v) is 7.43. The van der Waals surface area contributed by atoms with Crippen LogP contribution in [0.5, 0.6) is 0 Å². The number of ether oxygens (including phenoxy) is 3. The number of hydrogen-bond acceptors (Lipinski definition) is 15. The van der Waals surface area contributed by atoms with Crippen LogP contribution in [0, 0.1) is 35.5 Å². The number of esters is 1. The van der Waals surface area contributed by atoms with E-state index in [9.17, 15) is 55.9 Å². The molecule has 1 rings (SSSR count). The Labute approximate surface area is 333 Å². The van der Waals surface area contributed by atoms with Crippen molar-refractivity contribution in [2.75, 3.05) is 19.8 Å². The second kappa shape index (κ2) is 24.9. The highest BCUT2D eigenvalue weighted by Crippen LogP contribution is 2.33. The van der Waals surface area contributed by atoms with Crippen LogP contribution < -0.4 is 0 Å². The van der Waals surface area contributed by atoms with Gasteiger partial charge in [0.2, 0.25) is 0 Å². The number of hydrogen-bond donors (Lipinski definition) is 11. The van der Waals surface area contributed by atoms with Crippen LogP contribution in [-0.4, -0.2) is 155 Å². The van der Waals surface area contributed by atoms with Crippen molar-refractivity contribution in [1.29, 1.82) is 0 Å². The molecule has 0 aromatic heterocycles. The summed E-state index contributed by atoms with van der Waals surface area (Å²) in [6.45, 7) is 16.5. The first-order valence-electron chi connectivity index (χ1n) is 19.9. The molecule has 0 aliphatic carbocycles. The third-order valence-electron chi connectivity index (χ3n) is 11.1. The zero-order valence-corrected chi connectivity index (χ0v) is 34.9. The fourth-order valence-electron chi connectivity index (χ4n) is 7.43. The summed E-state index contributed by atoms with van der Waals surface area (Å²) in [7, 11) is 0. The van der Waals surface area contributed by atoms with Crippen molar-refractivity contribution < 1.29 is 75.2 Å². The van der Waals surface area contributed by atoms with Crippen molar-refractivity contribution in [2.24, 2.45) is 35.5 Å². The predicted octanol–water partition coefficient (Wildman–Crippen LogP) is 0.718. The molecule has 0 spiro atoms. The number of rotatable bonds is 24. The average molecular weight is 807 g/mol. The Bertz CT molecular complexity index is 1240. The maximum atomic E-state index is 12.7. The van der Waals surface area contributed by atoms with Crippen LogP contribution in [0.15, 0.2) is 34.9 Å². The summed E-state index contributed by atoms with van der Waals surface area (Å²) >= 11 is 0. The zero-order chi connectivity index (χ0) is 43.2. The Hall–Kier alpha value is -1.83. The van der Waals surface area contributed by atoms with Gasteiger partial charge in [-0.05, 0) is 62.5 Å². The molecule has 1 saturated heterocycles. The van der Waals surface area contributed by atoms with Crippen molar-refractivity contribution in [3.63, 3.8) is 0 Å². The van der Waals surface area contributed by atoms with E-state index >= 15 is 0 Å². The smallest absolute Gasteiger partial charge is 0.333 e. The van der Waals surface area contributed by atoms with Gasteiger partial charge in [-0.25, -0.2) is 4.79 Å². The lowest BCUT2D eigenvalue weighted by atomic mass is 9.82. The molecule has 0 radical (unpaired) electrons. The highest BCUT2D eigenvalue weighted by Gasteiger charge is 2.46. The Balaban J connectivity index is 3.18.